The first-order chi connectivity index (χ1) is 6.75. The Morgan fingerprint density at radius 2 is 2.36 bits per heavy atom. The summed E-state index contributed by atoms with van der Waals surface area (Å²) in [5.41, 5.74) is 1.21. The number of carbonyl (C=O) groups excluding carboxylic acids is 1. The number of nitrogens with one attached hydrogen (secondary N) is 3. The maximum Gasteiger partial charge on any atom is 0.277 e. The molecule has 0 atom stereocenters. The zero-order chi connectivity index (χ0) is 9.97. The van der Waals surface area contributed by atoms with Crippen molar-refractivity contribution in [1.29, 1.82) is 0 Å². The molecule has 0 spiro atoms. The van der Waals surface area contributed by atoms with Gasteiger partial charge in [-0.3, -0.25) is 15.0 Å². The van der Waals surface area contributed by atoms with Crippen molar-refractivity contribution in [1.82, 2.24) is 20.4 Å². The fourth-order valence-corrected chi connectivity index (χ4v) is 1.05. The summed E-state index contributed by atoms with van der Waals surface area (Å²) in [4.78, 5) is 11.5. The second-order valence-electron chi connectivity index (χ2n) is 2.86. The molecule has 0 saturated carbocycles. The Labute approximate surface area is 79.7 Å². The molecule has 72 valence electrons. The van der Waals surface area contributed by atoms with Gasteiger partial charge >= 0.3 is 0 Å². The largest absolute Gasteiger partial charge is 0.306 e. The minimum absolute atomic E-state index is 0.265. The first-order valence-corrected chi connectivity index (χ1v) is 4.08. The van der Waals surface area contributed by atoms with Crippen molar-refractivity contribution in [3.8, 4) is 0 Å². The Hall–Kier alpha value is -2.11. The molecule has 0 fully saturated rings. The summed E-state index contributed by atoms with van der Waals surface area (Å²) in [7, 11) is 0. The van der Waals surface area contributed by atoms with Crippen molar-refractivity contribution in [3.63, 3.8) is 0 Å². The zero-order valence-corrected chi connectivity index (χ0v) is 7.53. The third-order valence-corrected chi connectivity index (χ3v) is 1.69. The lowest BCUT2D eigenvalue weighted by atomic mass is 10.3. The van der Waals surface area contributed by atoms with Gasteiger partial charge in [-0.1, -0.05) is 0 Å². The van der Waals surface area contributed by atoms with Crippen LogP contribution in [0.25, 0.3) is 0 Å². The quantitative estimate of drug-likeness (QED) is 0.652. The molecule has 2 aromatic rings. The highest BCUT2D eigenvalue weighted by molar-refractivity contribution is 6.02. The van der Waals surface area contributed by atoms with Crippen LogP contribution in [-0.4, -0.2) is 26.3 Å². The third-order valence-electron chi connectivity index (χ3n) is 1.69. The lowest BCUT2D eigenvalue weighted by molar-refractivity contribution is 0.102. The third kappa shape index (κ3) is 1.63. The van der Waals surface area contributed by atoms with E-state index in [9.17, 15) is 4.79 Å². The predicted molar refractivity (Wildman–Crippen MR) is 49.9 cm³/mol. The average Bonchev–Trinajstić information content (AvgIpc) is 2.75. The topological polar surface area (TPSA) is 86.5 Å². The van der Waals surface area contributed by atoms with Crippen LogP contribution >= 0.6 is 0 Å². The first-order valence-electron chi connectivity index (χ1n) is 4.08. The number of aromatic amines is 2. The van der Waals surface area contributed by atoms with Gasteiger partial charge in [0.25, 0.3) is 5.91 Å². The van der Waals surface area contributed by atoms with Gasteiger partial charge in [0.15, 0.2) is 5.69 Å². The molecule has 0 unspecified atom stereocenters. The highest BCUT2D eigenvalue weighted by atomic mass is 16.2. The molecule has 1 amide bonds. The molecule has 0 aliphatic rings. The van der Waals surface area contributed by atoms with E-state index in [1.807, 2.05) is 6.92 Å². The van der Waals surface area contributed by atoms with Gasteiger partial charge in [-0.2, -0.15) is 10.2 Å². The van der Waals surface area contributed by atoms with E-state index in [4.69, 9.17) is 0 Å². The fourth-order valence-electron chi connectivity index (χ4n) is 1.05. The molecule has 0 aliphatic carbocycles. The van der Waals surface area contributed by atoms with Crippen LogP contribution in [0.4, 0.5) is 5.82 Å². The molecule has 2 heterocycles. The van der Waals surface area contributed by atoms with Gasteiger partial charge in [-0.15, -0.1) is 0 Å². The van der Waals surface area contributed by atoms with Crippen molar-refractivity contribution in [2.75, 3.05) is 5.32 Å². The number of hydrogen-bond donors (Lipinski definition) is 3. The van der Waals surface area contributed by atoms with Crippen LogP contribution in [0.15, 0.2) is 18.3 Å². The molecule has 6 heteroatoms. The monoisotopic (exact) mass is 191 g/mol. The Balaban J connectivity index is 2.10. The standard InChI is InChI=1S/C8H9N5O/c1-5-4-6(12-11-5)8(14)10-7-2-3-9-13-7/h2-4H,1H3,(H,11,12)(H2,9,10,13,14). The van der Waals surface area contributed by atoms with Gasteiger partial charge in [0, 0.05) is 11.8 Å². The van der Waals surface area contributed by atoms with Gasteiger partial charge in [0.1, 0.15) is 5.82 Å². The van der Waals surface area contributed by atoms with Gasteiger partial charge in [0.05, 0.1) is 6.20 Å². The van der Waals surface area contributed by atoms with Crippen LogP contribution in [0, 0.1) is 6.92 Å². The van der Waals surface area contributed by atoms with Crippen molar-refractivity contribution >= 4 is 11.7 Å². The molecule has 14 heavy (non-hydrogen) atoms. The number of amides is 1. The van der Waals surface area contributed by atoms with Crippen LogP contribution < -0.4 is 5.32 Å². The first kappa shape index (κ1) is 8.49. The summed E-state index contributed by atoms with van der Waals surface area (Å²) in [5, 5.41) is 15.5. The fraction of sp³-hybridized carbons (Fsp3) is 0.125. The second kappa shape index (κ2) is 3.33. The molecule has 2 aromatic heterocycles. The van der Waals surface area contributed by atoms with Crippen molar-refractivity contribution < 1.29 is 4.79 Å². The van der Waals surface area contributed by atoms with Gasteiger partial charge in [0.2, 0.25) is 0 Å². The highest BCUT2D eigenvalue weighted by Gasteiger charge is 2.09. The molecule has 0 radical (unpaired) electrons. The molecule has 0 aliphatic heterocycles. The van der Waals surface area contributed by atoms with E-state index in [1.54, 1.807) is 18.3 Å². The molecule has 0 aromatic carbocycles. The Morgan fingerprint density at radius 1 is 1.50 bits per heavy atom. The van der Waals surface area contributed by atoms with Crippen LogP contribution in [-0.2, 0) is 0 Å². The van der Waals surface area contributed by atoms with E-state index in [0.29, 0.717) is 11.5 Å². The van der Waals surface area contributed by atoms with Crippen molar-refractivity contribution in [2.24, 2.45) is 0 Å². The van der Waals surface area contributed by atoms with Crippen molar-refractivity contribution in [3.05, 3.63) is 29.7 Å². The number of H-pyrrole nitrogens is 2. The number of nitrogens with zero attached hydrogens (tertiary/aromatic N) is 2. The number of anilines is 1. The summed E-state index contributed by atoms with van der Waals surface area (Å²) in [6, 6.07) is 3.34. The maximum atomic E-state index is 11.5. The van der Waals surface area contributed by atoms with Crippen LogP contribution in [0.5, 0.6) is 0 Å². The van der Waals surface area contributed by atoms with Gasteiger partial charge in [-0.05, 0) is 13.0 Å². The highest BCUT2D eigenvalue weighted by Crippen LogP contribution is 2.03. The molecule has 3 N–H and O–H groups in total. The van der Waals surface area contributed by atoms with Gasteiger partial charge < -0.3 is 5.32 Å². The summed E-state index contributed by atoms with van der Waals surface area (Å²) in [6.07, 6.45) is 1.56. The molecule has 2 rings (SSSR count). The number of hydrogen-bond acceptors (Lipinski definition) is 3. The normalized spacial score (nSPS) is 10.1. The van der Waals surface area contributed by atoms with Crippen molar-refractivity contribution in [2.45, 2.75) is 6.92 Å². The van der Waals surface area contributed by atoms with E-state index in [-0.39, 0.29) is 5.91 Å². The second-order valence-corrected chi connectivity index (χ2v) is 2.86. The summed E-state index contributed by atoms with van der Waals surface area (Å²) in [6.45, 7) is 1.83. The number of rotatable bonds is 2. The summed E-state index contributed by atoms with van der Waals surface area (Å²) >= 11 is 0. The number of aromatic nitrogens is 4. The maximum absolute atomic E-state index is 11.5. The Bertz CT molecular complexity index is 430. The Morgan fingerprint density at radius 3 is 2.93 bits per heavy atom. The smallest absolute Gasteiger partial charge is 0.277 e. The molecule has 0 saturated heterocycles. The number of aryl methyl sites for hydroxylation is 1. The lowest BCUT2D eigenvalue weighted by Crippen LogP contribution is -2.12. The van der Waals surface area contributed by atoms with E-state index in [2.05, 4.69) is 25.7 Å². The van der Waals surface area contributed by atoms with Gasteiger partial charge in [-0.25, -0.2) is 0 Å². The zero-order valence-electron chi connectivity index (χ0n) is 7.53. The summed E-state index contributed by atoms with van der Waals surface area (Å²) in [5.74, 6) is 0.286. The molecule has 6 nitrogen and oxygen atoms in total. The molecule has 0 bridgehead atoms. The molecular formula is C8H9N5O. The van der Waals surface area contributed by atoms with E-state index in [0.717, 1.165) is 5.69 Å². The van der Waals surface area contributed by atoms with E-state index < -0.39 is 0 Å². The van der Waals surface area contributed by atoms with E-state index in [1.165, 1.54) is 0 Å². The Kier molecular flexibility index (Phi) is 2.02. The number of carbonyl (C=O) groups is 1. The minimum Gasteiger partial charge on any atom is -0.306 e. The van der Waals surface area contributed by atoms with Crippen LogP contribution in [0.2, 0.25) is 0 Å². The predicted octanol–water partition coefficient (Wildman–Crippen LogP) is 0.694. The van der Waals surface area contributed by atoms with E-state index >= 15 is 0 Å². The minimum atomic E-state index is -0.265. The molecular weight excluding hydrogens is 182 g/mol. The average molecular weight is 191 g/mol. The van der Waals surface area contributed by atoms with Crippen LogP contribution in [0.3, 0.4) is 0 Å². The lowest BCUT2D eigenvalue weighted by Gasteiger charge is -1.96. The van der Waals surface area contributed by atoms with Crippen LogP contribution in [0.1, 0.15) is 16.2 Å². The summed E-state index contributed by atoms with van der Waals surface area (Å²) < 4.78 is 0. The SMILES string of the molecule is Cc1cc(C(=O)Nc2ccn[nH]2)n[nH]1.